The van der Waals surface area contributed by atoms with Gasteiger partial charge in [-0.25, -0.2) is 9.78 Å². The van der Waals surface area contributed by atoms with E-state index in [0.29, 0.717) is 16.6 Å². The second kappa shape index (κ2) is 3.55. The fourth-order valence-corrected chi connectivity index (χ4v) is 1.74. The van der Waals surface area contributed by atoms with Crippen LogP contribution in [0.1, 0.15) is 11.7 Å². The number of nitrogens with zero attached hydrogens (tertiary/aromatic N) is 3. The molecule has 0 saturated heterocycles. The number of ether oxygens (including phenoxy) is 1. The monoisotopic (exact) mass is 228 g/mol. The zero-order chi connectivity index (χ0) is 12.7. The zero-order valence-corrected chi connectivity index (χ0v) is 9.04. The van der Waals surface area contributed by atoms with Crippen LogP contribution in [-0.2, 0) is 4.74 Å². The van der Waals surface area contributed by atoms with E-state index in [1.165, 1.54) is 7.11 Å². The van der Waals surface area contributed by atoms with Gasteiger partial charge in [0.1, 0.15) is 0 Å². The number of rotatable bonds is 1. The van der Waals surface area contributed by atoms with Crippen LogP contribution in [0.4, 0.5) is 0 Å². The summed E-state index contributed by atoms with van der Waals surface area (Å²) in [5.74, 6) is -0.403. The Labute approximate surface area is 98.1 Å². The molecular weight excluding hydrogens is 218 g/mol. The minimum atomic E-state index is -0.403. The standard InChI is InChI=1S/C12H9N3O2/c1-17-12(16)8-2-3-10-11(4-8)15-7-13-5-9(15)6-14-10/h2-7H,1H3/i6D. The molecule has 0 amide bonds. The number of methoxy groups -OCH3 is 1. The van der Waals surface area contributed by atoms with Crippen LogP contribution in [-0.4, -0.2) is 27.4 Å². The van der Waals surface area contributed by atoms with E-state index in [1.54, 1.807) is 35.1 Å². The fraction of sp³-hybridized carbons (Fsp3) is 0.0833. The molecule has 0 aliphatic carbocycles. The van der Waals surface area contributed by atoms with Gasteiger partial charge in [-0.3, -0.25) is 9.38 Å². The topological polar surface area (TPSA) is 56.5 Å². The highest BCUT2D eigenvalue weighted by Crippen LogP contribution is 2.16. The molecule has 0 aliphatic rings. The molecule has 2 aromatic heterocycles. The van der Waals surface area contributed by atoms with Gasteiger partial charge in [0, 0.05) is 0 Å². The Hall–Kier alpha value is -2.43. The van der Waals surface area contributed by atoms with E-state index >= 15 is 0 Å². The van der Waals surface area contributed by atoms with Crippen molar-refractivity contribution in [2.75, 3.05) is 7.11 Å². The number of benzene rings is 1. The summed E-state index contributed by atoms with van der Waals surface area (Å²) >= 11 is 0. The van der Waals surface area contributed by atoms with Crippen molar-refractivity contribution in [1.82, 2.24) is 14.4 Å². The second-order valence-corrected chi connectivity index (χ2v) is 3.57. The maximum Gasteiger partial charge on any atom is 0.337 e. The normalized spacial score (nSPS) is 11.7. The van der Waals surface area contributed by atoms with Crippen LogP contribution >= 0.6 is 0 Å². The lowest BCUT2D eigenvalue weighted by Gasteiger charge is -2.03. The molecule has 0 N–H and O–H groups in total. The largest absolute Gasteiger partial charge is 0.465 e. The summed E-state index contributed by atoms with van der Waals surface area (Å²) in [4.78, 5) is 19.6. The molecule has 0 bridgehead atoms. The van der Waals surface area contributed by atoms with Crippen molar-refractivity contribution in [3.63, 3.8) is 0 Å². The van der Waals surface area contributed by atoms with Crippen LogP contribution < -0.4 is 0 Å². The van der Waals surface area contributed by atoms with E-state index in [0.717, 1.165) is 5.52 Å². The molecule has 3 rings (SSSR count). The molecule has 0 atom stereocenters. The number of hydrogen-bond donors (Lipinski definition) is 0. The summed E-state index contributed by atoms with van der Waals surface area (Å²) in [6, 6.07) is 5.00. The zero-order valence-electron chi connectivity index (χ0n) is 10.0. The van der Waals surface area contributed by atoms with Gasteiger partial charge in [0.25, 0.3) is 0 Å². The lowest BCUT2D eigenvalue weighted by atomic mass is 10.2. The van der Waals surface area contributed by atoms with Gasteiger partial charge >= 0.3 is 5.97 Å². The fourth-order valence-electron chi connectivity index (χ4n) is 1.74. The van der Waals surface area contributed by atoms with Crippen LogP contribution in [0.5, 0.6) is 0 Å². The number of esters is 1. The number of imidazole rings is 1. The summed E-state index contributed by atoms with van der Waals surface area (Å²) in [6.45, 7) is 0. The summed E-state index contributed by atoms with van der Waals surface area (Å²) in [7, 11) is 1.34. The van der Waals surface area contributed by atoms with E-state index in [1.807, 2.05) is 0 Å². The maximum absolute atomic E-state index is 11.5. The van der Waals surface area contributed by atoms with Crippen molar-refractivity contribution >= 4 is 22.5 Å². The van der Waals surface area contributed by atoms with Crippen molar-refractivity contribution in [3.05, 3.63) is 42.5 Å². The molecule has 5 nitrogen and oxygen atoms in total. The van der Waals surface area contributed by atoms with Crippen LogP contribution in [0, 0.1) is 0 Å². The quantitative estimate of drug-likeness (QED) is 0.594. The predicted octanol–water partition coefficient (Wildman–Crippen LogP) is 1.67. The first-order chi connectivity index (χ1) is 8.70. The highest BCUT2D eigenvalue weighted by atomic mass is 16.5. The van der Waals surface area contributed by atoms with Crippen LogP contribution in [0.15, 0.2) is 36.9 Å². The highest BCUT2D eigenvalue weighted by Gasteiger charge is 2.08. The Balaban J connectivity index is 2.38. The molecule has 17 heavy (non-hydrogen) atoms. The molecule has 84 valence electrons. The Bertz CT molecular complexity index is 766. The summed E-state index contributed by atoms with van der Waals surface area (Å²) < 4.78 is 14.2. The third kappa shape index (κ3) is 1.44. The van der Waals surface area contributed by atoms with Gasteiger partial charge in [-0.15, -0.1) is 0 Å². The van der Waals surface area contributed by atoms with Crippen molar-refractivity contribution in [2.45, 2.75) is 0 Å². The molecule has 2 heterocycles. The molecule has 0 radical (unpaired) electrons. The van der Waals surface area contributed by atoms with Gasteiger partial charge in [0.05, 0.1) is 49.3 Å². The van der Waals surface area contributed by atoms with E-state index in [4.69, 9.17) is 1.37 Å². The molecule has 3 aromatic rings. The van der Waals surface area contributed by atoms with Gasteiger partial charge in [-0.05, 0) is 18.2 Å². The van der Waals surface area contributed by atoms with E-state index in [2.05, 4.69) is 14.7 Å². The lowest BCUT2D eigenvalue weighted by Crippen LogP contribution is -2.01. The predicted molar refractivity (Wildman–Crippen MR) is 61.8 cm³/mol. The Kier molecular flexibility index (Phi) is 1.82. The van der Waals surface area contributed by atoms with Crippen molar-refractivity contribution in [1.29, 1.82) is 0 Å². The number of aromatic nitrogens is 3. The minimum Gasteiger partial charge on any atom is -0.465 e. The molecule has 0 unspecified atom stereocenters. The highest BCUT2D eigenvalue weighted by molar-refractivity contribution is 5.93. The second-order valence-electron chi connectivity index (χ2n) is 3.57. The third-order valence-corrected chi connectivity index (χ3v) is 2.59. The minimum absolute atomic E-state index is 0.158. The molecule has 0 spiro atoms. The average molecular weight is 228 g/mol. The number of carbonyl (C=O) groups excluding carboxylic acids is 1. The van der Waals surface area contributed by atoms with E-state index in [-0.39, 0.29) is 6.17 Å². The molecule has 5 heteroatoms. The SMILES string of the molecule is [2H]c1nc2ccc(C(=O)OC)cc2n2cncc12. The van der Waals surface area contributed by atoms with Gasteiger partial charge in [-0.1, -0.05) is 0 Å². The Morgan fingerprint density at radius 2 is 2.41 bits per heavy atom. The van der Waals surface area contributed by atoms with Gasteiger partial charge in [0.15, 0.2) is 0 Å². The summed E-state index contributed by atoms with van der Waals surface area (Å²) in [5.41, 5.74) is 2.41. The van der Waals surface area contributed by atoms with Crippen molar-refractivity contribution in [2.24, 2.45) is 0 Å². The maximum atomic E-state index is 11.5. The third-order valence-electron chi connectivity index (χ3n) is 2.59. The Morgan fingerprint density at radius 3 is 3.24 bits per heavy atom. The molecular formula is C12H9N3O2. The summed E-state index contributed by atoms with van der Waals surface area (Å²) in [6.07, 6.45) is 3.32. The molecule has 1 aromatic carbocycles. The van der Waals surface area contributed by atoms with Crippen LogP contribution in [0.3, 0.4) is 0 Å². The summed E-state index contributed by atoms with van der Waals surface area (Å²) in [5, 5.41) is 0. The van der Waals surface area contributed by atoms with E-state index < -0.39 is 5.97 Å². The van der Waals surface area contributed by atoms with Crippen molar-refractivity contribution in [3.8, 4) is 0 Å². The van der Waals surface area contributed by atoms with Crippen LogP contribution in [0.2, 0.25) is 0 Å². The van der Waals surface area contributed by atoms with Crippen LogP contribution in [0.25, 0.3) is 16.6 Å². The first-order valence-corrected chi connectivity index (χ1v) is 5.01. The smallest absolute Gasteiger partial charge is 0.337 e. The molecule has 0 aliphatic heterocycles. The number of fused-ring (bicyclic) bond motifs is 3. The Morgan fingerprint density at radius 1 is 1.53 bits per heavy atom. The molecule has 0 fully saturated rings. The molecule has 0 saturated carbocycles. The van der Waals surface area contributed by atoms with E-state index in [9.17, 15) is 4.79 Å². The number of carbonyl (C=O) groups is 1. The van der Waals surface area contributed by atoms with Crippen molar-refractivity contribution < 1.29 is 10.9 Å². The number of hydrogen-bond acceptors (Lipinski definition) is 4. The van der Waals surface area contributed by atoms with Gasteiger partial charge < -0.3 is 4.74 Å². The average Bonchev–Trinajstić information content (AvgIpc) is 2.88. The first-order valence-electron chi connectivity index (χ1n) is 5.51. The van der Waals surface area contributed by atoms with Gasteiger partial charge in [-0.2, -0.15) is 0 Å². The lowest BCUT2D eigenvalue weighted by molar-refractivity contribution is 0.0601. The van der Waals surface area contributed by atoms with Gasteiger partial charge in [0.2, 0.25) is 0 Å². The first kappa shape index (κ1) is 8.69.